The lowest BCUT2D eigenvalue weighted by atomic mass is 10.2. The minimum Gasteiger partial charge on any atom is -0.481 e. The zero-order chi connectivity index (χ0) is 18.5. The summed E-state index contributed by atoms with van der Waals surface area (Å²) in [4.78, 5) is 20.9. The average molecular weight is 354 g/mol. The molecule has 0 amide bonds. The van der Waals surface area contributed by atoms with Crippen LogP contribution in [0.25, 0.3) is 21.9 Å². The minimum absolute atomic E-state index is 0.100. The molecular formula is C18H14N2O6. The van der Waals surface area contributed by atoms with E-state index in [0.29, 0.717) is 22.6 Å². The van der Waals surface area contributed by atoms with E-state index < -0.39 is 11.9 Å². The van der Waals surface area contributed by atoms with Crippen molar-refractivity contribution in [3.8, 4) is 0 Å². The van der Waals surface area contributed by atoms with Gasteiger partial charge in [-0.2, -0.15) is 0 Å². The second-order valence-electron chi connectivity index (χ2n) is 5.39. The number of aromatic nitrogens is 2. The summed E-state index contributed by atoms with van der Waals surface area (Å²) in [6.45, 7) is 0. The summed E-state index contributed by atoms with van der Waals surface area (Å²) in [6, 6.07) is 14.4. The van der Waals surface area contributed by atoms with Gasteiger partial charge in [-0.25, -0.2) is 0 Å². The highest BCUT2D eigenvalue weighted by atomic mass is 16.5. The standard InChI is InChI=1S/2C9H7NO3/c11-9(12)5-7-6-3-1-2-4-8(6)13-10-7;11-9(12)5-8-6-3-1-2-4-7(6)10-13-8/h2*1-4H,5H2,(H,11,12). The van der Waals surface area contributed by atoms with Crippen LogP contribution in [-0.4, -0.2) is 32.5 Å². The number of para-hydroxylation sites is 1. The number of carbonyl (C=O) groups is 2. The van der Waals surface area contributed by atoms with Crippen molar-refractivity contribution in [1.82, 2.24) is 10.3 Å². The van der Waals surface area contributed by atoms with Crippen LogP contribution < -0.4 is 0 Å². The molecule has 0 radical (unpaired) electrons. The predicted octanol–water partition coefficient (Wildman–Crippen LogP) is 2.91. The molecule has 4 rings (SSSR count). The van der Waals surface area contributed by atoms with Crippen LogP contribution in [0.4, 0.5) is 0 Å². The number of nitrogens with zero attached hydrogens (tertiary/aromatic N) is 2. The third-order valence-electron chi connectivity index (χ3n) is 3.54. The number of aliphatic carboxylic acids is 2. The fourth-order valence-corrected chi connectivity index (χ4v) is 2.42. The number of benzene rings is 2. The molecule has 4 aromatic rings. The molecule has 0 saturated heterocycles. The minimum atomic E-state index is -0.915. The summed E-state index contributed by atoms with van der Waals surface area (Å²) >= 11 is 0. The lowest BCUT2D eigenvalue weighted by Gasteiger charge is -1.88. The van der Waals surface area contributed by atoms with Crippen molar-refractivity contribution in [1.29, 1.82) is 0 Å². The summed E-state index contributed by atoms with van der Waals surface area (Å²) in [5.41, 5.74) is 1.79. The molecule has 26 heavy (non-hydrogen) atoms. The number of hydrogen-bond donors (Lipinski definition) is 2. The van der Waals surface area contributed by atoms with E-state index in [2.05, 4.69) is 10.3 Å². The Morgan fingerprint density at radius 2 is 1.46 bits per heavy atom. The van der Waals surface area contributed by atoms with Crippen LogP contribution in [0.3, 0.4) is 0 Å². The van der Waals surface area contributed by atoms with Gasteiger partial charge in [0.25, 0.3) is 0 Å². The van der Waals surface area contributed by atoms with E-state index in [-0.39, 0.29) is 12.8 Å². The molecule has 2 heterocycles. The summed E-state index contributed by atoms with van der Waals surface area (Å²) in [7, 11) is 0. The summed E-state index contributed by atoms with van der Waals surface area (Å²) in [6.07, 6.45) is -0.225. The first-order valence-electron chi connectivity index (χ1n) is 7.64. The van der Waals surface area contributed by atoms with Crippen LogP contribution in [0, 0.1) is 0 Å². The number of rotatable bonds is 4. The van der Waals surface area contributed by atoms with Gasteiger partial charge in [0.1, 0.15) is 17.6 Å². The summed E-state index contributed by atoms with van der Waals surface area (Å²) in [5.74, 6) is -1.41. The Morgan fingerprint density at radius 3 is 2.19 bits per heavy atom. The van der Waals surface area contributed by atoms with Crippen molar-refractivity contribution in [2.45, 2.75) is 12.8 Å². The quantitative estimate of drug-likeness (QED) is 0.573. The Bertz CT molecular complexity index is 980. The zero-order valence-electron chi connectivity index (χ0n) is 13.5. The smallest absolute Gasteiger partial charge is 0.311 e. The van der Waals surface area contributed by atoms with Crippen molar-refractivity contribution >= 4 is 33.8 Å². The summed E-state index contributed by atoms with van der Waals surface area (Å²) in [5, 5.41) is 26.1. The molecular weight excluding hydrogens is 340 g/mol. The molecule has 2 aromatic carbocycles. The maximum Gasteiger partial charge on any atom is 0.311 e. The highest BCUT2D eigenvalue weighted by Crippen LogP contribution is 2.18. The third-order valence-corrected chi connectivity index (χ3v) is 3.54. The number of fused-ring (bicyclic) bond motifs is 2. The Hall–Kier alpha value is -3.68. The molecule has 0 aliphatic heterocycles. The molecule has 0 bridgehead atoms. The van der Waals surface area contributed by atoms with Gasteiger partial charge in [0, 0.05) is 10.8 Å². The first kappa shape index (κ1) is 17.2. The van der Waals surface area contributed by atoms with Gasteiger partial charge in [0.05, 0.1) is 6.42 Å². The third kappa shape index (κ3) is 3.86. The highest BCUT2D eigenvalue weighted by Gasteiger charge is 2.11. The zero-order valence-corrected chi connectivity index (χ0v) is 13.5. The molecule has 0 aliphatic carbocycles. The second-order valence-corrected chi connectivity index (χ2v) is 5.39. The van der Waals surface area contributed by atoms with Crippen molar-refractivity contribution in [3.63, 3.8) is 0 Å². The van der Waals surface area contributed by atoms with Gasteiger partial charge < -0.3 is 19.3 Å². The van der Waals surface area contributed by atoms with Gasteiger partial charge >= 0.3 is 11.9 Å². The van der Waals surface area contributed by atoms with Gasteiger partial charge in [0.2, 0.25) is 0 Å². The Kier molecular flexibility index (Phi) is 4.93. The predicted molar refractivity (Wildman–Crippen MR) is 90.7 cm³/mol. The second kappa shape index (κ2) is 7.47. The van der Waals surface area contributed by atoms with Crippen LogP contribution >= 0.6 is 0 Å². The molecule has 0 aliphatic rings. The van der Waals surface area contributed by atoms with E-state index >= 15 is 0 Å². The van der Waals surface area contributed by atoms with Crippen LogP contribution in [0.1, 0.15) is 11.5 Å². The van der Waals surface area contributed by atoms with E-state index in [9.17, 15) is 9.59 Å². The van der Waals surface area contributed by atoms with Gasteiger partial charge in [-0.3, -0.25) is 9.59 Å². The molecule has 0 spiro atoms. The molecule has 2 N–H and O–H groups in total. The van der Waals surface area contributed by atoms with Gasteiger partial charge in [-0.15, -0.1) is 0 Å². The van der Waals surface area contributed by atoms with Gasteiger partial charge in [-0.1, -0.05) is 34.6 Å². The topological polar surface area (TPSA) is 127 Å². The monoisotopic (exact) mass is 354 g/mol. The van der Waals surface area contributed by atoms with E-state index in [1.165, 1.54) is 0 Å². The maximum atomic E-state index is 10.4. The largest absolute Gasteiger partial charge is 0.481 e. The Balaban J connectivity index is 0.000000151. The van der Waals surface area contributed by atoms with Crippen LogP contribution in [0.2, 0.25) is 0 Å². The normalized spacial score (nSPS) is 10.5. The van der Waals surface area contributed by atoms with E-state index in [1.807, 2.05) is 24.3 Å². The van der Waals surface area contributed by atoms with E-state index in [0.717, 1.165) is 10.8 Å². The fraction of sp³-hybridized carbons (Fsp3) is 0.111. The van der Waals surface area contributed by atoms with Crippen molar-refractivity contribution in [2.75, 3.05) is 0 Å². The molecule has 8 nitrogen and oxygen atoms in total. The first-order valence-corrected chi connectivity index (χ1v) is 7.64. The SMILES string of the molecule is O=C(O)Cc1noc2ccccc12.O=C(O)Cc1onc2ccccc12. The molecule has 0 fully saturated rings. The van der Waals surface area contributed by atoms with Gasteiger partial charge in [0.15, 0.2) is 11.3 Å². The lowest BCUT2D eigenvalue weighted by molar-refractivity contribution is -0.137. The van der Waals surface area contributed by atoms with E-state index in [4.69, 9.17) is 19.3 Å². The number of carboxylic acids is 2. The average Bonchev–Trinajstić information content (AvgIpc) is 3.20. The fourth-order valence-electron chi connectivity index (χ4n) is 2.42. The molecule has 132 valence electrons. The number of carboxylic acid groups (broad SMARTS) is 2. The molecule has 8 heteroatoms. The molecule has 0 atom stereocenters. The van der Waals surface area contributed by atoms with Crippen molar-refractivity contribution < 1.29 is 28.8 Å². The van der Waals surface area contributed by atoms with E-state index in [1.54, 1.807) is 24.3 Å². The van der Waals surface area contributed by atoms with Crippen LogP contribution in [-0.2, 0) is 22.4 Å². The number of hydrogen-bond acceptors (Lipinski definition) is 6. The van der Waals surface area contributed by atoms with Crippen LogP contribution in [0.15, 0.2) is 57.6 Å². The maximum absolute atomic E-state index is 10.4. The van der Waals surface area contributed by atoms with Crippen molar-refractivity contribution in [3.05, 3.63) is 60.0 Å². The molecule has 0 unspecified atom stereocenters. The van der Waals surface area contributed by atoms with Crippen LogP contribution in [0.5, 0.6) is 0 Å². The van der Waals surface area contributed by atoms with Crippen molar-refractivity contribution in [2.24, 2.45) is 0 Å². The lowest BCUT2D eigenvalue weighted by Crippen LogP contribution is -2.00. The first-order chi connectivity index (χ1) is 12.5. The Morgan fingerprint density at radius 1 is 0.808 bits per heavy atom. The highest BCUT2D eigenvalue weighted by molar-refractivity contribution is 5.84. The molecule has 2 aromatic heterocycles. The molecule has 0 saturated carbocycles. The summed E-state index contributed by atoms with van der Waals surface area (Å²) < 4.78 is 9.83. The Labute approximate surface area is 146 Å². The van der Waals surface area contributed by atoms with Gasteiger partial charge in [-0.05, 0) is 24.3 Å².